The number of piperidine rings is 3. The number of anilines is 6. The Morgan fingerprint density at radius 3 is 1.38 bits per heavy atom. The molecule has 13 aromatic rings. The predicted octanol–water partition coefficient (Wildman–Crippen LogP) is 18.9. The van der Waals surface area contributed by atoms with Crippen molar-refractivity contribution in [3.05, 3.63) is 276 Å². The fraction of sp³-hybridized carbons (Fsp3) is 0.269. The second kappa shape index (κ2) is 35.5. The van der Waals surface area contributed by atoms with Gasteiger partial charge in [-0.05, 0) is 245 Å². The van der Waals surface area contributed by atoms with Crippen LogP contribution in [0, 0.1) is 20.8 Å². The van der Waals surface area contributed by atoms with E-state index in [1.807, 2.05) is 99.6 Å². The number of halogens is 3. The van der Waals surface area contributed by atoms with Crippen LogP contribution in [0.4, 0.5) is 34.9 Å². The number of nitrogens with zero attached hydrogens (tertiary/aromatic N) is 15. The van der Waals surface area contributed by atoms with E-state index >= 15 is 0 Å². The smallest absolute Gasteiger partial charge is 0.260 e. The summed E-state index contributed by atoms with van der Waals surface area (Å²) in [5.41, 5.74) is 19.2. The number of rotatable bonds is 16. The first-order chi connectivity index (χ1) is 57.3. The topological polar surface area (TPSA) is 257 Å². The zero-order chi connectivity index (χ0) is 81.7. The number of pyridine rings is 2. The molecule has 3 fully saturated rings. The van der Waals surface area contributed by atoms with Gasteiger partial charge in [-0.1, -0.05) is 119 Å². The number of nitrogens with one attached hydrogen (secondary N) is 3. The fourth-order valence-electron chi connectivity index (χ4n) is 16.0. The standard InChI is InChI=1S/C32H32ClN7O.C32H30ClN5O.C29H27ClN6O2/c1-4-40-30-24(17-27(31(40)41)26-10-7-23(18-28(26)33)29-11-14-34-20(2)36-29)19-35-32(38-30)37-25-8-5-21(6-9-25)22-12-15-39(3)16-13-22;1-20-4-3-13-34-31(20)23-7-10-26(28(33)17-23)27-16-24-19-35-32(37-29(24)18-30(27)39)36-25-8-5-21(6-9-25)22-11-14-38(2)15-12-22;1-17-32-28(35-38-17)20-5-8-23(25(30)14-20)24-13-21-16-31-29(34-26(21)15-27(24)37)33-22-6-3-18(4-7-22)19-9-11-36(2)12-10-19/h5-11,14,17-19,22H,4,12-13,15-16H2,1-3H3,(H,35,37,38);3-10,13,16-17,19,22H,11-12,14-15,18H2,1-2H3,(H,35,36,37);3-8,13-14,16,19H,9-12,15H2,1-2H3,(H,31,33,34). The highest BCUT2D eigenvalue weighted by Crippen LogP contribution is 2.40. The number of allylic oxidation sites excluding steroid dienone is 2. The van der Waals surface area contributed by atoms with E-state index in [1.165, 1.54) is 55.2 Å². The molecular weight excluding hydrogens is 1540 g/mol. The Kier molecular flexibility index (Phi) is 24.1. The molecule has 5 aliphatic rings. The Labute approximate surface area is 700 Å². The molecule has 3 saturated heterocycles. The molecule has 10 heterocycles. The van der Waals surface area contributed by atoms with Crippen LogP contribution in [0.2, 0.25) is 15.1 Å². The van der Waals surface area contributed by atoms with Gasteiger partial charge in [-0.15, -0.1) is 0 Å². The number of ketones is 2. The maximum atomic E-state index is 13.6. The van der Waals surface area contributed by atoms with Crippen LogP contribution in [0.1, 0.15) is 131 Å². The highest BCUT2D eigenvalue weighted by Gasteiger charge is 2.29. The number of hydrogen-bond donors (Lipinski definition) is 3. The minimum absolute atomic E-state index is 0.0155. The van der Waals surface area contributed by atoms with Gasteiger partial charge >= 0.3 is 0 Å². The SMILES string of the molecule is CCn1c(=O)c(-c2ccc(-c3ccnc(C)n3)cc2Cl)cc2cnc(Nc3ccc(C4CCN(C)CC4)cc3)nc21.Cc1cccnc1-c1ccc(C2=Cc3cnc(Nc4ccc(C5CCN(C)CC5)cc4)nc3CC2=O)c(Cl)c1.Cc1nc(-c2ccc(C3=Cc4cnc(Nc5ccc(C6CCN(C)CC6)cc5)nc4CC3=O)c(Cl)c2)no1. The summed E-state index contributed by atoms with van der Waals surface area (Å²) in [5.74, 6) is 4.78. The van der Waals surface area contributed by atoms with Crippen molar-refractivity contribution < 1.29 is 14.1 Å². The van der Waals surface area contributed by atoms with E-state index in [2.05, 4.69) is 175 Å². The number of hydrogen-bond acceptors (Lipinski definition) is 21. The van der Waals surface area contributed by atoms with E-state index in [-0.39, 0.29) is 30.0 Å². The van der Waals surface area contributed by atoms with Gasteiger partial charge in [0.1, 0.15) is 11.5 Å². The van der Waals surface area contributed by atoms with Gasteiger partial charge in [-0.2, -0.15) is 9.97 Å². The van der Waals surface area contributed by atoms with E-state index in [1.54, 1.807) is 54.6 Å². The highest BCUT2D eigenvalue weighted by molar-refractivity contribution is 6.38. The molecule has 0 unspecified atom stereocenters. The third-order valence-corrected chi connectivity index (χ3v) is 23.7. The van der Waals surface area contributed by atoms with Crippen LogP contribution in [0.5, 0.6) is 0 Å². The van der Waals surface area contributed by atoms with Gasteiger partial charge in [0.2, 0.25) is 29.6 Å². The Bertz CT molecular complexity index is 6050. The van der Waals surface area contributed by atoms with Crippen LogP contribution in [0.15, 0.2) is 192 Å². The molecule has 6 aromatic carbocycles. The average molecular weight is 1630 g/mol. The third-order valence-electron chi connectivity index (χ3n) is 22.8. The van der Waals surface area contributed by atoms with Gasteiger partial charge in [0, 0.05) is 143 Å². The normalized spacial score (nSPS) is 15.6. The van der Waals surface area contributed by atoms with E-state index in [0.717, 1.165) is 106 Å². The molecule has 0 spiro atoms. The molecule has 0 amide bonds. The quantitative estimate of drug-likeness (QED) is 0.0812. The molecule has 25 heteroatoms. The average Bonchev–Trinajstić information content (AvgIpc) is 0.833. The van der Waals surface area contributed by atoms with Crippen LogP contribution in [-0.4, -0.2) is 146 Å². The second-order valence-electron chi connectivity index (χ2n) is 30.9. The van der Waals surface area contributed by atoms with Crippen LogP contribution < -0.4 is 21.5 Å². The van der Waals surface area contributed by atoms with Crippen LogP contribution in [0.3, 0.4) is 0 Å². The first-order valence-electron chi connectivity index (χ1n) is 40.0. The molecule has 118 heavy (non-hydrogen) atoms. The highest BCUT2D eigenvalue weighted by atomic mass is 35.5. The number of aryl methyl sites for hydroxylation is 4. The Morgan fingerprint density at radius 1 is 0.458 bits per heavy atom. The summed E-state index contributed by atoms with van der Waals surface area (Å²) in [6.45, 7) is 14.8. The van der Waals surface area contributed by atoms with Crippen molar-refractivity contribution >= 4 is 116 Å². The van der Waals surface area contributed by atoms with Crippen molar-refractivity contribution in [1.82, 2.24) is 74.3 Å². The van der Waals surface area contributed by atoms with Crippen LogP contribution in [-0.2, 0) is 29.0 Å². The van der Waals surface area contributed by atoms with E-state index in [4.69, 9.17) is 44.3 Å². The summed E-state index contributed by atoms with van der Waals surface area (Å²) in [4.78, 5) is 92.0. The molecule has 0 radical (unpaired) electrons. The molecule has 3 N–H and O–H groups in total. The van der Waals surface area contributed by atoms with E-state index in [0.29, 0.717) is 125 Å². The van der Waals surface area contributed by atoms with Crippen LogP contribution >= 0.6 is 34.8 Å². The second-order valence-corrected chi connectivity index (χ2v) is 32.2. The summed E-state index contributed by atoms with van der Waals surface area (Å²) >= 11 is 20.0. The van der Waals surface area contributed by atoms with E-state index < -0.39 is 0 Å². The number of carbonyl (C=O) groups excluding carboxylic acids is 2. The van der Waals surface area contributed by atoms with Gasteiger partial charge in [0.05, 0.1) is 35.6 Å². The lowest BCUT2D eigenvalue weighted by Crippen LogP contribution is -2.29. The van der Waals surface area contributed by atoms with Gasteiger partial charge in [0.25, 0.3) is 5.56 Å². The summed E-state index contributed by atoms with van der Waals surface area (Å²) in [7, 11) is 6.54. The zero-order valence-electron chi connectivity index (χ0n) is 66.8. The molecular formula is C93H89Cl3N18O4. The lowest BCUT2D eigenvalue weighted by Gasteiger charge is -2.29. The molecule has 3 aliphatic heterocycles. The lowest BCUT2D eigenvalue weighted by atomic mass is 9.89. The number of Topliss-reactive ketones (excluding diaryl/α,β-unsaturated/α-hetero) is 2. The van der Waals surface area contributed by atoms with Gasteiger partial charge in [0.15, 0.2) is 11.6 Å². The Balaban J connectivity index is 0.000000132. The van der Waals surface area contributed by atoms with Crippen LogP contribution in [0.25, 0.3) is 79.4 Å². The monoisotopic (exact) mass is 1630 g/mol. The molecule has 0 atom stereocenters. The van der Waals surface area contributed by atoms with Crippen molar-refractivity contribution in [2.24, 2.45) is 0 Å². The van der Waals surface area contributed by atoms with E-state index in [9.17, 15) is 14.4 Å². The number of aromatic nitrogens is 12. The Morgan fingerprint density at radius 2 is 0.915 bits per heavy atom. The van der Waals surface area contributed by atoms with Gasteiger partial charge < -0.3 is 35.2 Å². The van der Waals surface area contributed by atoms with Gasteiger partial charge in [-0.3, -0.25) is 23.9 Å². The van der Waals surface area contributed by atoms with Crippen molar-refractivity contribution in [3.63, 3.8) is 0 Å². The largest absolute Gasteiger partial charge is 0.339 e. The van der Waals surface area contributed by atoms with Crippen molar-refractivity contribution in [3.8, 4) is 45.0 Å². The summed E-state index contributed by atoms with van der Waals surface area (Å²) in [6.07, 6.45) is 19.9. The first kappa shape index (κ1) is 79.9. The summed E-state index contributed by atoms with van der Waals surface area (Å²) in [6, 6.07) is 49.9. The fourth-order valence-corrected chi connectivity index (χ4v) is 16.9. The predicted molar refractivity (Wildman–Crippen MR) is 469 cm³/mol. The third kappa shape index (κ3) is 18.3. The molecule has 7 aromatic heterocycles. The molecule has 0 bridgehead atoms. The van der Waals surface area contributed by atoms with Crippen molar-refractivity contribution in [2.45, 2.75) is 103 Å². The number of fused-ring (bicyclic) bond motifs is 3. The number of likely N-dealkylation sites (tertiary alicyclic amines) is 3. The zero-order valence-corrected chi connectivity index (χ0v) is 69.1. The number of carbonyl (C=O) groups is 2. The van der Waals surface area contributed by atoms with Gasteiger partial charge in [-0.25, -0.2) is 34.9 Å². The molecule has 596 valence electrons. The lowest BCUT2D eigenvalue weighted by molar-refractivity contribution is -0.114. The summed E-state index contributed by atoms with van der Waals surface area (Å²) < 4.78 is 6.72. The molecule has 0 saturated carbocycles. The van der Waals surface area contributed by atoms with Crippen molar-refractivity contribution in [2.75, 3.05) is 76.4 Å². The first-order valence-corrected chi connectivity index (χ1v) is 41.1. The molecule has 18 rings (SSSR count). The molecule has 22 nitrogen and oxygen atoms in total. The summed E-state index contributed by atoms with van der Waals surface area (Å²) in [5, 5.41) is 16.0. The van der Waals surface area contributed by atoms with Crippen molar-refractivity contribution in [1.29, 1.82) is 0 Å². The maximum Gasteiger partial charge on any atom is 0.260 e. The Hall–Kier alpha value is -11.9. The molecule has 2 aliphatic carbocycles. The number of benzene rings is 6. The maximum absolute atomic E-state index is 13.6. The minimum Gasteiger partial charge on any atom is -0.339 e. The minimum atomic E-state index is -0.153.